The number of benzene rings is 1. The third-order valence-electron chi connectivity index (χ3n) is 6.74. The second-order valence-corrected chi connectivity index (χ2v) is 16.1. The molecule has 0 aromatic heterocycles. The zero-order valence-electron chi connectivity index (χ0n) is 23.3. The summed E-state index contributed by atoms with van der Waals surface area (Å²) in [5.41, 5.74) is 4.14. The lowest BCUT2D eigenvalue weighted by Gasteiger charge is -2.39. The molecule has 1 aliphatic rings. The first kappa shape index (κ1) is 29.2. The van der Waals surface area contributed by atoms with Crippen molar-refractivity contribution in [1.29, 1.82) is 0 Å². The van der Waals surface area contributed by atoms with Crippen LogP contribution >= 0.6 is 0 Å². The van der Waals surface area contributed by atoms with Gasteiger partial charge in [0.05, 0.1) is 13.2 Å². The maximum absolute atomic E-state index is 7.76. The Morgan fingerprint density at radius 1 is 1.23 bits per heavy atom. The standard InChI is InChI=1S/C29H45NO4Si/c1-12-31-28-32-26-18-22(17-25(21(4)5)27(26)33-28)14-13-15-23(30-9)19-24(16-20(2)3)34-35(10,11)29(6,7)8/h15,17-18,21,24,28H,2,12-14,16,19H2,1,3-8,10-11H3/b23-15-/t24-,28?/m1/s1. The van der Waals surface area contributed by atoms with Crippen molar-refractivity contribution >= 4 is 8.32 Å². The van der Waals surface area contributed by atoms with Gasteiger partial charge in [0, 0.05) is 18.1 Å². The molecule has 5 nitrogen and oxygen atoms in total. The summed E-state index contributed by atoms with van der Waals surface area (Å²) in [6.45, 7) is 31.2. The molecule has 1 heterocycles. The largest absolute Gasteiger partial charge is 0.428 e. The highest BCUT2D eigenvalue weighted by Crippen LogP contribution is 2.43. The van der Waals surface area contributed by atoms with E-state index in [1.807, 2.05) is 19.9 Å². The molecule has 194 valence electrons. The second kappa shape index (κ2) is 12.3. The molecule has 2 rings (SSSR count). The van der Waals surface area contributed by atoms with Crippen molar-refractivity contribution in [3.8, 4) is 11.5 Å². The molecule has 1 aromatic carbocycles. The summed E-state index contributed by atoms with van der Waals surface area (Å²) in [7, 11) is -1.94. The Kier molecular flexibility index (Phi) is 10.2. The number of rotatable bonds is 12. The highest BCUT2D eigenvalue weighted by Gasteiger charge is 2.39. The van der Waals surface area contributed by atoms with Crippen LogP contribution in [0.4, 0.5) is 0 Å². The van der Waals surface area contributed by atoms with Crippen LogP contribution in [-0.4, -0.2) is 27.5 Å². The van der Waals surface area contributed by atoms with E-state index in [4.69, 9.17) is 25.2 Å². The van der Waals surface area contributed by atoms with Crippen molar-refractivity contribution in [3.05, 3.63) is 58.6 Å². The number of allylic oxidation sites excluding steroid dienone is 1. The summed E-state index contributed by atoms with van der Waals surface area (Å²) in [5, 5.41) is 0.122. The van der Waals surface area contributed by atoms with Gasteiger partial charge in [-0.25, -0.2) is 4.85 Å². The summed E-state index contributed by atoms with van der Waals surface area (Å²) >= 11 is 0. The number of nitrogens with zero attached hydrogens (tertiary/aromatic N) is 1. The van der Waals surface area contributed by atoms with Gasteiger partial charge in [-0.2, -0.15) is 0 Å². The average Bonchev–Trinajstić information content (AvgIpc) is 3.13. The fraction of sp³-hybridized carbons (Fsp3) is 0.621. The molecule has 0 saturated heterocycles. The number of fused-ring (bicyclic) bond motifs is 1. The SMILES string of the molecule is [C-]#[N+]/C(=C\CCc1cc2c(c(C(C)C)c1)OC(OCC)O2)C[C@@H](CC(=C)C)O[Si](C)(C)C(C)(C)C. The summed E-state index contributed by atoms with van der Waals surface area (Å²) in [6, 6.07) is 4.23. The van der Waals surface area contributed by atoms with E-state index in [0.717, 1.165) is 47.6 Å². The van der Waals surface area contributed by atoms with Gasteiger partial charge in [0.2, 0.25) is 0 Å². The highest BCUT2D eigenvalue weighted by atomic mass is 28.4. The molecule has 0 N–H and O–H groups in total. The number of hydrogen-bond donors (Lipinski definition) is 0. The maximum atomic E-state index is 7.76. The van der Waals surface area contributed by atoms with E-state index < -0.39 is 14.8 Å². The Morgan fingerprint density at radius 2 is 1.91 bits per heavy atom. The smallest absolute Gasteiger partial charge is 0.361 e. The molecule has 1 aliphatic heterocycles. The third kappa shape index (κ3) is 8.23. The molecule has 1 unspecified atom stereocenters. The molecule has 0 bridgehead atoms. The van der Waals surface area contributed by atoms with E-state index in [1.54, 1.807) is 0 Å². The van der Waals surface area contributed by atoms with Crippen LogP contribution in [0.15, 0.2) is 36.1 Å². The summed E-state index contributed by atoms with van der Waals surface area (Å²) in [6.07, 6.45) is 5.06. The van der Waals surface area contributed by atoms with Gasteiger partial charge >= 0.3 is 6.48 Å². The van der Waals surface area contributed by atoms with E-state index >= 15 is 0 Å². The molecule has 2 atom stereocenters. The van der Waals surface area contributed by atoms with E-state index in [2.05, 4.69) is 71.3 Å². The van der Waals surface area contributed by atoms with E-state index in [1.165, 1.54) is 5.56 Å². The number of ether oxygens (including phenoxy) is 3. The molecule has 1 aromatic rings. The third-order valence-corrected chi connectivity index (χ3v) is 11.3. The Balaban J connectivity index is 2.13. The molecule has 0 saturated carbocycles. The Hall–Kier alpha value is -2.07. The lowest BCUT2D eigenvalue weighted by Crippen LogP contribution is -2.44. The monoisotopic (exact) mass is 499 g/mol. The fourth-order valence-electron chi connectivity index (χ4n) is 3.85. The summed E-state index contributed by atoms with van der Waals surface area (Å²) in [4.78, 5) is 3.85. The average molecular weight is 500 g/mol. The number of aryl methyl sites for hydroxylation is 1. The first-order chi connectivity index (χ1) is 16.3. The molecule has 0 radical (unpaired) electrons. The van der Waals surface area contributed by atoms with Gasteiger partial charge in [0.1, 0.15) is 0 Å². The predicted octanol–water partition coefficient (Wildman–Crippen LogP) is 8.38. The van der Waals surface area contributed by atoms with Crippen molar-refractivity contribution in [2.75, 3.05) is 6.61 Å². The van der Waals surface area contributed by atoms with Crippen molar-refractivity contribution in [2.24, 2.45) is 0 Å². The van der Waals surface area contributed by atoms with Crippen LogP contribution in [-0.2, 0) is 15.6 Å². The fourth-order valence-corrected chi connectivity index (χ4v) is 5.20. The quantitative estimate of drug-likeness (QED) is 0.164. The molecular weight excluding hydrogens is 454 g/mol. The Labute approximate surface area is 214 Å². The maximum Gasteiger partial charge on any atom is 0.361 e. The van der Waals surface area contributed by atoms with Gasteiger partial charge < -0.3 is 18.6 Å². The van der Waals surface area contributed by atoms with Crippen LogP contribution in [0, 0.1) is 6.57 Å². The van der Waals surface area contributed by atoms with Crippen LogP contribution in [0.1, 0.15) is 84.8 Å². The van der Waals surface area contributed by atoms with E-state index in [0.29, 0.717) is 18.9 Å². The number of hydrogen-bond acceptors (Lipinski definition) is 4. The van der Waals surface area contributed by atoms with Crippen LogP contribution in [0.5, 0.6) is 11.5 Å². The molecule has 0 amide bonds. The molecule has 0 aliphatic carbocycles. The van der Waals surface area contributed by atoms with Crippen molar-refractivity contribution < 1.29 is 18.6 Å². The van der Waals surface area contributed by atoms with Gasteiger partial charge in [-0.05, 0) is 68.8 Å². The molecular formula is C29H45NO4Si. The van der Waals surface area contributed by atoms with Crippen molar-refractivity contribution in [1.82, 2.24) is 0 Å². The van der Waals surface area contributed by atoms with Gasteiger partial charge in [-0.3, -0.25) is 0 Å². The van der Waals surface area contributed by atoms with Crippen molar-refractivity contribution in [2.45, 2.75) is 111 Å². The molecule has 0 fully saturated rings. The van der Waals surface area contributed by atoms with E-state index in [9.17, 15) is 0 Å². The van der Waals surface area contributed by atoms with Crippen LogP contribution in [0.2, 0.25) is 18.1 Å². The molecule has 35 heavy (non-hydrogen) atoms. The zero-order chi connectivity index (χ0) is 26.4. The zero-order valence-corrected chi connectivity index (χ0v) is 24.3. The Bertz CT molecular complexity index is 953. The minimum Gasteiger partial charge on any atom is -0.428 e. The minimum atomic E-state index is -1.94. The second-order valence-electron chi connectivity index (χ2n) is 11.4. The van der Waals surface area contributed by atoms with Gasteiger partial charge in [-0.15, -0.1) is 6.58 Å². The van der Waals surface area contributed by atoms with E-state index in [-0.39, 0.29) is 11.1 Å². The van der Waals surface area contributed by atoms with Gasteiger partial charge in [-0.1, -0.05) is 52.3 Å². The Morgan fingerprint density at radius 3 is 2.46 bits per heavy atom. The minimum absolute atomic E-state index is 0.0117. The molecule has 0 spiro atoms. The van der Waals surface area contributed by atoms with Gasteiger partial charge in [0.25, 0.3) is 0 Å². The first-order valence-corrected chi connectivity index (χ1v) is 15.7. The lowest BCUT2D eigenvalue weighted by atomic mass is 9.97. The summed E-state index contributed by atoms with van der Waals surface area (Å²) in [5.74, 6) is 1.82. The van der Waals surface area contributed by atoms with Crippen LogP contribution < -0.4 is 9.47 Å². The van der Waals surface area contributed by atoms with Crippen LogP contribution in [0.25, 0.3) is 4.85 Å². The van der Waals surface area contributed by atoms with Gasteiger partial charge in [0.15, 0.2) is 25.5 Å². The lowest BCUT2D eigenvalue weighted by molar-refractivity contribution is -0.173. The topological polar surface area (TPSA) is 41.3 Å². The highest BCUT2D eigenvalue weighted by molar-refractivity contribution is 6.74. The van der Waals surface area contributed by atoms with Crippen LogP contribution in [0.3, 0.4) is 0 Å². The summed E-state index contributed by atoms with van der Waals surface area (Å²) < 4.78 is 23.9. The normalized spacial score (nSPS) is 16.9. The first-order valence-electron chi connectivity index (χ1n) is 12.8. The molecule has 6 heteroatoms. The van der Waals surface area contributed by atoms with Crippen molar-refractivity contribution in [3.63, 3.8) is 0 Å². The predicted molar refractivity (Wildman–Crippen MR) is 146 cm³/mol.